The molecule has 2 rings (SSSR count). The molecule has 2 saturated heterocycles. The Morgan fingerprint density at radius 2 is 1.94 bits per heavy atom. The lowest BCUT2D eigenvalue weighted by atomic mass is 9.98. The Morgan fingerprint density at radius 1 is 1.29 bits per heavy atom. The van der Waals surface area contributed by atoms with Crippen LogP contribution in [0.2, 0.25) is 0 Å². The van der Waals surface area contributed by atoms with Gasteiger partial charge in [0.2, 0.25) is 5.91 Å². The van der Waals surface area contributed by atoms with E-state index in [0.717, 1.165) is 38.4 Å². The van der Waals surface area contributed by atoms with Crippen molar-refractivity contribution in [2.24, 2.45) is 5.92 Å². The SMILES string of the molecule is CC1CCN(C(=O)[C@H]2NCCO[C@@H]2C)CC1.Cl. The molecule has 0 aromatic rings. The number of carbonyl (C=O) groups is 1. The highest BCUT2D eigenvalue weighted by molar-refractivity contribution is 5.85. The summed E-state index contributed by atoms with van der Waals surface area (Å²) in [5.74, 6) is 0.983. The van der Waals surface area contributed by atoms with Crippen LogP contribution in [0.5, 0.6) is 0 Å². The van der Waals surface area contributed by atoms with E-state index in [1.807, 2.05) is 11.8 Å². The van der Waals surface area contributed by atoms with Gasteiger partial charge in [-0.3, -0.25) is 4.79 Å². The van der Waals surface area contributed by atoms with Crippen molar-refractivity contribution >= 4 is 18.3 Å². The van der Waals surface area contributed by atoms with Gasteiger partial charge in [0.1, 0.15) is 6.04 Å². The van der Waals surface area contributed by atoms with Crippen LogP contribution in [0.15, 0.2) is 0 Å². The smallest absolute Gasteiger partial charge is 0.242 e. The Labute approximate surface area is 109 Å². The third kappa shape index (κ3) is 3.57. The zero-order chi connectivity index (χ0) is 11.5. The maximum absolute atomic E-state index is 12.3. The summed E-state index contributed by atoms with van der Waals surface area (Å²) < 4.78 is 5.51. The molecular formula is C12H23ClN2O2. The van der Waals surface area contributed by atoms with Crippen molar-refractivity contribution in [3.63, 3.8) is 0 Å². The summed E-state index contributed by atoms with van der Waals surface area (Å²) >= 11 is 0. The number of ether oxygens (including phenoxy) is 1. The van der Waals surface area contributed by atoms with Gasteiger partial charge in [0.25, 0.3) is 0 Å². The summed E-state index contributed by atoms with van der Waals surface area (Å²) in [6.07, 6.45) is 2.27. The van der Waals surface area contributed by atoms with Crippen LogP contribution in [-0.2, 0) is 9.53 Å². The normalized spacial score (nSPS) is 30.8. The zero-order valence-electron chi connectivity index (χ0n) is 10.6. The summed E-state index contributed by atoms with van der Waals surface area (Å²) in [5.41, 5.74) is 0. The number of carbonyl (C=O) groups excluding carboxylic acids is 1. The molecule has 2 heterocycles. The molecule has 0 aromatic heterocycles. The Bertz CT molecular complexity index is 255. The first-order valence-electron chi connectivity index (χ1n) is 6.32. The van der Waals surface area contributed by atoms with Gasteiger partial charge in [-0.15, -0.1) is 12.4 Å². The quantitative estimate of drug-likeness (QED) is 0.768. The lowest BCUT2D eigenvalue weighted by Gasteiger charge is -2.36. The number of likely N-dealkylation sites (tertiary alicyclic amines) is 1. The molecule has 0 aliphatic carbocycles. The van der Waals surface area contributed by atoms with Gasteiger partial charge in [0.05, 0.1) is 12.7 Å². The van der Waals surface area contributed by atoms with E-state index in [1.54, 1.807) is 0 Å². The minimum Gasteiger partial charge on any atom is -0.375 e. The zero-order valence-corrected chi connectivity index (χ0v) is 11.5. The summed E-state index contributed by atoms with van der Waals surface area (Å²) in [6.45, 7) is 7.54. The molecule has 17 heavy (non-hydrogen) atoms. The van der Waals surface area contributed by atoms with E-state index in [2.05, 4.69) is 12.2 Å². The first-order valence-corrected chi connectivity index (χ1v) is 6.32. The van der Waals surface area contributed by atoms with E-state index >= 15 is 0 Å². The predicted molar refractivity (Wildman–Crippen MR) is 69.4 cm³/mol. The molecule has 1 amide bonds. The van der Waals surface area contributed by atoms with Gasteiger partial charge in [-0.1, -0.05) is 6.92 Å². The van der Waals surface area contributed by atoms with E-state index < -0.39 is 0 Å². The highest BCUT2D eigenvalue weighted by Crippen LogP contribution is 2.18. The number of nitrogens with one attached hydrogen (secondary N) is 1. The van der Waals surface area contributed by atoms with Crippen molar-refractivity contribution in [3.05, 3.63) is 0 Å². The fourth-order valence-electron chi connectivity index (χ4n) is 2.44. The predicted octanol–water partition coefficient (Wildman–Crippen LogP) is 1.04. The van der Waals surface area contributed by atoms with Gasteiger partial charge in [-0.2, -0.15) is 0 Å². The molecule has 2 atom stereocenters. The molecule has 0 spiro atoms. The number of amides is 1. The molecule has 2 fully saturated rings. The van der Waals surface area contributed by atoms with E-state index in [4.69, 9.17) is 4.74 Å². The van der Waals surface area contributed by atoms with Crippen molar-refractivity contribution < 1.29 is 9.53 Å². The Hall–Kier alpha value is -0.320. The van der Waals surface area contributed by atoms with Crippen LogP contribution in [-0.4, -0.2) is 49.2 Å². The minimum atomic E-state index is -0.137. The number of piperidine rings is 1. The number of rotatable bonds is 1. The molecular weight excluding hydrogens is 240 g/mol. The molecule has 2 aliphatic rings. The molecule has 0 saturated carbocycles. The highest BCUT2D eigenvalue weighted by atomic mass is 35.5. The van der Waals surface area contributed by atoms with Gasteiger partial charge >= 0.3 is 0 Å². The maximum Gasteiger partial charge on any atom is 0.242 e. The number of nitrogens with zero attached hydrogens (tertiary/aromatic N) is 1. The summed E-state index contributed by atoms with van der Waals surface area (Å²) in [7, 11) is 0. The van der Waals surface area contributed by atoms with Crippen molar-refractivity contribution in [3.8, 4) is 0 Å². The Morgan fingerprint density at radius 3 is 2.53 bits per heavy atom. The van der Waals surface area contributed by atoms with Crippen molar-refractivity contribution in [1.29, 1.82) is 0 Å². The standard InChI is InChI=1S/C12H22N2O2.ClH/c1-9-3-6-14(7-4-9)12(15)11-10(2)16-8-5-13-11;/h9-11,13H,3-8H2,1-2H3;1H/t10-,11+;/m1./s1. The van der Waals surface area contributed by atoms with E-state index in [9.17, 15) is 4.79 Å². The van der Waals surface area contributed by atoms with Gasteiger partial charge in [0, 0.05) is 19.6 Å². The molecule has 0 radical (unpaired) electrons. The number of hydrogen-bond acceptors (Lipinski definition) is 3. The molecule has 5 heteroatoms. The second kappa shape index (κ2) is 6.57. The van der Waals surface area contributed by atoms with Crippen LogP contribution in [0.1, 0.15) is 26.7 Å². The number of halogens is 1. The van der Waals surface area contributed by atoms with Crippen molar-refractivity contribution in [1.82, 2.24) is 10.2 Å². The highest BCUT2D eigenvalue weighted by Gasteiger charge is 2.32. The summed E-state index contributed by atoms with van der Waals surface area (Å²) in [6, 6.07) is -0.137. The molecule has 0 unspecified atom stereocenters. The Kier molecular flexibility index (Phi) is 5.70. The first-order chi connectivity index (χ1) is 7.68. The first kappa shape index (κ1) is 14.7. The molecule has 0 bridgehead atoms. The van der Waals surface area contributed by atoms with E-state index in [0.29, 0.717) is 6.61 Å². The largest absolute Gasteiger partial charge is 0.375 e. The third-order valence-corrected chi connectivity index (χ3v) is 3.68. The van der Waals surface area contributed by atoms with E-state index in [1.165, 1.54) is 0 Å². The maximum atomic E-state index is 12.3. The van der Waals surface area contributed by atoms with Gasteiger partial charge in [-0.25, -0.2) is 0 Å². The molecule has 2 aliphatic heterocycles. The van der Waals surface area contributed by atoms with Crippen molar-refractivity contribution in [2.75, 3.05) is 26.2 Å². The molecule has 100 valence electrons. The summed E-state index contributed by atoms with van der Waals surface area (Å²) in [5, 5.41) is 3.26. The number of hydrogen-bond donors (Lipinski definition) is 1. The second-order valence-electron chi connectivity index (χ2n) is 5.02. The fraction of sp³-hybridized carbons (Fsp3) is 0.917. The monoisotopic (exact) mass is 262 g/mol. The van der Waals surface area contributed by atoms with Gasteiger partial charge < -0.3 is 15.0 Å². The lowest BCUT2D eigenvalue weighted by Crippen LogP contribution is -2.57. The lowest BCUT2D eigenvalue weighted by molar-refractivity contribution is -0.140. The number of morpholine rings is 1. The average Bonchev–Trinajstić information content (AvgIpc) is 2.30. The van der Waals surface area contributed by atoms with Crippen LogP contribution in [0.25, 0.3) is 0 Å². The van der Waals surface area contributed by atoms with Crippen LogP contribution < -0.4 is 5.32 Å². The second-order valence-corrected chi connectivity index (χ2v) is 5.02. The van der Waals surface area contributed by atoms with Gasteiger partial charge in [0.15, 0.2) is 0 Å². The molecule has 0 aromatic carbocycles. The fourth-order valence-corrected chi connectivity index (χ4v) is 2.44. The van der Waals surface area contributed by atoms with Crippen molar-refractivity contribution in [2.45, 2.75) is 38.8 Å². The Balaban J connectivity index is 0.00000144. The molecule has 4 nitrogen and oxygen atoms in total. The van der Waals surface area contributed by atoms with Crippen LogP contribution in [0.4, 0.5) is 0 Å². The third-order valence-electron chi connectivity index (χ3n) is 3.68. The minimum absolute atomic E-state index is 0. The summed E-state index contributed by atoms with van der Waals surface area (Å²) in [4.78, 5) is 14.2. The van der Waals surface area contributed by atoms with Crippen LogP contribution >= 0.6 is 12.4 Å². The van der Waals surface area contributed by atoms with Gasteiger partial charge in [-0.05, 0) is 25.7 Å². The average molecular weight is 263 g/mol. The molecule has 1 N–H and O–H groups in total. The van der Waals surface area contributed by atoms with E-state index in [-0.39, 0.29) is 30.5 Å². The topological polar surface area (TPSA) is 41.6 Å². The van der Waals surface area contributed by atoms with Crippen LogP contribution in [0.3, 0.4) is 0 Å². The van der Waals surface area contributed by atoms with Crippen LogP contribution in [0, 0.1) is 5.92 Å².